The van der Waals surface area contributed by atoms with Crippen molar-refractivity contribution in [1.29, 1.82) is 0 Å². The van der Waals surface area contributed by atoms with Crippen molar-refractivity contribution in [3.8, 4) is 11.5 Å². The highest BCUT2D eigenvalue weighted by atomic mass is 16.5. The van der Waals surface area contributed by atoms with E-state index in [1.54, 1.807) is 26.4 Å². The van der Waals surface area contributed by atoms with Crippen molar-refractivity contribution < 1.29 is 14.3 Å². The van der Waals surface area contributed by atoms with Gasteiger partial charge in [0.05, 0.1) is 14.2 Å². The topological polar surface area (TPSA) is 50.8 Å². The maximum absolute atomic E-state index is 12.9. The number of carbonyl (C=O) groups is 1. The molecule has 0 unspecified atom stereocenters. The van der Waals surface area contributed by atoms with Gasteiger partial charge in [-0.25, -0.2) is 0 Å². The highest BCUT2D eigenvalue weighted by Crippen LogP contribution is 2.28. The predicted octanol–water partition coefficient (Wildman–Crippen LogP) is 3.53. The Morgan fingerprint density at radius 2 is 1.79 bits per heavy atom. The Hall–Kier alpha value is -2.53. The molecule has 0 aliphatic carbocycles. The summed E-state index contributed by atoms with van der Waals surface area (Å²) in [5, 5.41) is 3.18. The molecule has 5 heteroatoms. The summed E-state index contributed by atoms with van der Waals surface area (Å²) in [4.78, 5) is 15.3. The van der Waals surface area contributed by atoms with Crippen LogP contribution in [0.4, 0.5) is 0 Å². The molecule has 150 valence electrons. The van der Waals surface area contributed by atoms with Crippen molar-refractivity contribution in [2.24, 2.45) is 0 Å². The second-order valence-corrected chi connectivity index (χ2v) is 7.24. The lowest BCUT2D eigenvalue weighted by molar-refractivity contribution is 0.0897. The first-order valence-electron chi connectivity index (χ1n) is 9.99. The molecule has 1 amide bonds. The van der Waals surface area contributed by atoms with Crippen LogP contribution in [-0.4, -0.2) is 50.7 Å². The Morgan fingerprint density at radius 1 is 1.07 bits per heavy atom. The number of hydrogen-bond acceptors (Lipinski definition) is 4. The van der Waals surface area contributed by atoms with E-state index in [9.17, 15) is 4.79 Å². The van der Waals surface area contributed by atoms with Crippen LogP contribution in [0, 0.1) is 0 Å². The van der Waals surface area contributed by atoms with Gasteiger partial charge >= 0.3 is 0 Å². The summed E-state index contributed by atoms with van der Waals surface area (Å²) in [6, 6.07) is 16.1. The highest BCUT2D eigenvalue weighted by molar-refractivity contribution is 5.99. The molecule has 0 radical (unpaired) electrons. The number of likely N-dealkylation sites (tertiary alicyclic amines) is 1. The molecule has 1 N–H and O–H groups in total. The average molecular weight is 383 g/mol. The number of rotatable bonds is 8. The SMILES string of the molecule is COc1cccc(OC)c1C(=O)N[C@@H]1CCCN(CCCc2ccccc2)C1. The number of hydrogen-bond donors (Lipinski definition) is 1. The Morgan fingerprint density at radius 3 is 2.46 bits per heavy atom. The maximum atomic E-state index is 12.9. The Bertz CT molecular complexity index is 741. The molecule has 0 bridgehead atoms. The zero-order valence-corrected chi connectivity index (χ0v) is 16.8. The van der Waals surface area contributed by atoms with Gasteiger partial charge < -0.3 is 19.7 Å². The number of aryl methyl sites for hydroxylation is 1. The summed E-state index contributed by atoms with van der Waals surface area (Å²) in [5.74, 6) is 0.935. The number of nitrogens with one attached hydrogen (secondary N) is 1. The standard InChI is InChI=1S/C23H30N2O3/c1-27-20-13-6-14-21(28-2)22(20)23(26)24-19-12-8-16-25(17-19)15-7-11-18-9-4-3-5-10-18/h3-6,9-10,13-14,19H,7-8,11-12,15-17H2,1-2H3,(H,24,26)/t19-/m1/s1. The van der Waals surface area contributed by atoms with Crippen LogP contribution in [0.1, 0.15) is 35.2 Å². The first kappa shape index (κ1) is 20.2. The minimum absolute atomic E-state index is 0.134. The highest BCUT2D eigenvalue weighted by Gasteiger charge is 2.24. The molecule has 1 atom stereocenters. The molecule has 2 aromatic rings. The van der Waals surface area contributed by atoms with E-state index in [0.717, 1.165) is 45.3 Å². The molecule has 2 aromatic carbocycles. The van der Waals surface area contributed by atoms with E-state index < -0.39 is 0 Å². The summed E-state index contributed by atoms with van der Waals surface area (Å²) in [6.07, 6.45) is 4.32. The van der Waals surface area contributed by atoms with E-state index >= 15 is 0 Å². The van der Waals surface area contributed by atoms with Gasteiger partial charge in [-0.3, -0.25) is 4.79 Å². The van der Waals surface area contributed by atoms with Crippen LogP contribution in [0.2, 0.25) is 0 Å². The van der Waals surface area contributed by atoms with Crippen LogP contribution in [0.5, 0.6) is 11.5 Å². The summed E-state index contributed by atoms with van der Waals surface area (Å²) in [5.41, 5.74) is 1.85. The lowest BCUT2D eigenvalue weighted by atomic mass is 10.0. The lowest BCUT2D eigenvalue weighted by Gasteiger charge is -2.33. The van der Waals surface area contributed by atoms with E-state index in [1.807, 2.05) is 6.07 Å². The summed E-state index contributed by atoms with van der Waals surface area (Å²) in [6.45, 7) is 3.04. The fraction of sp³-hybridized carbons (Fsp3) is 0.435. The van der Waals surface area contributed by atoms with Crippen molar-refractivity contribution in [1.82, 2.24) is 10.2 Å². The van der Waals surface area contributed by atoms with Crippen molar-refractivity contribution in [2.45, 2.75) is 31.7 Å². The predicted molar refractivity (Wildman–Crippen MR) is 111 cm³/mol. The summed E-state index contributed by atoms with van der Waals surface area (Å²) in [7, 11) is 3.14. The van der Waals surface area contributed by atoms with Crippen molar-refractivity contribution in [2.75, 3.05) is 33.9 Å². The summed E-state index contributed by atoms with van der Waals surface area (Å²) < 4.78 is 10.7. The zero-order chi connectivity index (χ0) is 19.8. The molecule has 0 saturated carbocycles. The molecule has 5 nitrogen and oxygen atoms in total. The molecule has 3 rings (SSSR count). The molecule has 1 aliphatic rings. The number of benzene rings is 2. The van der Waals surface area contributed by atoms with Gasteiger partial charge in [-0.1, -0.05) is 36.4 Å². The van der Waals surface area contributed by atoms with E-state index in [2.05, 4.69) is 40.5 Å². The van der Waals surface area contributed by atoms with Gasteiger partial charge in [-0.15, -0.1) is 0 Å². The average Bonchev–Trinajstić information content (AvgIpc) is 2.74. The first-order valence-corrected chi connectivity index (χ1v) is 9.99. The fourth-order valence-electron chi connectivity index (χ4n) is 3.86. The Balaban J connectivity index is 1.54. The van der Waals surface area contributed by atoms with Crippen LogP contribution in [0.3, 0.4) is 0 Å². The van der Waals surface area contributed by atoms with E-state index in [4.69, 9.17) is 9.47 Å². The van der Waals surface area contributed by atoms with Gasteiger partial charge in [0.1, 0.15) is 17.1 Å². The molecule has 1 fully saturated rings. The molecule has 1 saturated heterocycles. The number of ether oxygens (including phenoxy) is 2. The molecule has 0 spiro atoms. The number of amides is 1. The minimum atomic E-state index is -0.134. The Labute approximate surface area is 167 Å². The summed E-state index contributed by atoms with van der Waals surface area (Å²) >= 11 is 0. The third-order valence-electron chi connectivity index (χ3n) is 5.28. The van der Waals surface area contributed by atoms with Crippen molar-refractivity contribution in [3.05, 3.63) is 59.7 Å². The van der Waals surface area contributed by atoms with Crippen molar-refractivity contribution in [3.63, 3.8) is 0 Å². The largest absolute Gasteiger partial charge is 0.496 e. The van der Waals surface area contributed by atoms with Gasteiger partial charge in [0.25, 0.3) is 5.91 Å². The van der Waals surface area contributed by atoms with E-state index in [0.29, 0.717) is 17.1 Å². The fourth-order valence-corrected chi connectivity index (χ4v) is 3.86. The van der Waals surface area contributed by atoms with Gasteiger partial charge in [0.15, 0.2) is 0 Å². The van der Waals surface area contributed by atoms with Crippen LogP contribution in [-0.2, 0) is 6.42 Å². The molecule has 0 aromatic heterocycles. The van der Waals surface area contributed by atoms with Crippen LogP contribution >= 0.6 is 0 Å². The molecular formula is C23H30N2O3. The smallest absolute Gasteiger partial charge is 0.259 e. The van der Waals surface area contributed by atoms with Crippen molar-refractivity contribution >= 4 is 5.91 Å². The first-order chi connectivity index (χ1) is 13.7. The normalized spacial score (nSPS) is 17.1. The number of methoxy groups -OCH3 is 2. The molecule has 28 heavy (non-hydrogen) atoms. The van der Waals surface area contributed by atoms with Crippen LogP contribution in [0.25, 0.3) is 0 Å². The molecule has 1 aliphatic heterocycles. The third kappa shape index (κ3) is 5.26. The minimum Gasteiger partial charge on any atom is -0.496 e. The quantitative estimate of drug-likeness (QED) is 0.759. The molecular weight excluding hydrogens is 352 g/mol. The number of carbonyl (C=O) groups excluding carboxylic acids is 1. The van der Waals surface area contributed by atoms with Crippen LogP contribution < -0.4 is 14.8 Å². The van der Waals surface area contributed by atoms with Gasteiger partial charge in [0, 0.05) is 12.6 Å². The van der Waals surface area contributed by atoms with Crippen LogP contribution in [0.15, 0.2) is 48.5 Å². The molecule has 1 heterocycles. The second kappa shape index (κ2) is 10.1. The van der Waals surface area contributed by atoms with E-state index in [1.165, 1.54) is 5.56 Å². The van der Waals surface area contributed by atoms with E-state index in [-0.39, 0.29) is 11.9 Å². The second-order valence-electron chi connectivity index (χ2n) is 7.24. The van der Waals surface area contributed by atoms with Gasteiger partial charge in [-0.05, 0) is 56.5 Å². The van der Waals surface area contributed by atoms with Gasteiger partial charge in [-0.2, -0.15) is 0 Å². The third-order valence-corrected chi connectivity index (χ3v) is 5.28. The maximum Gasteiger partial charge on any atom is 0.259 e. The number of piperidine rings is 1. The lowest BCUT2D eigenvalue weighted by Crippen LogP contribution is -2.48. The number of nitrogens with zero attached hydrogens (tertiary/aromatic N) is 1. The monoisotopic (exact) mass is 382 g/mol. The Kier molecular flexibility index (Phi) is 7.31. The zero-order valence-electron chi connectivity index (χ0n) is 16.8. The van der Waals surface area contributed by atoms with Gasteiger partial charge in [0.2, 0.25) is 0 Å².